The summed E-state index contributed by atoms with van der Waals surface area (Å²) >= 11 is 0. The number of ether oxygens (including phenoxy) is 1. The number of nitrogens with zero attached hydrogens (tertiary/aromatic N) is 1. The van der Waals surface area contributed by atoms with Gasteiger partial charge in [-0.1, -0.05) is 30.3 Å². The number of benzene rings is 2. The molecule has 2 aromatic carbocycles. The van der Waals surface area contributed by atoms with Crippen molar-refractivity contribution < 1.29 is 15.0 Å². The van der Waals surface area contributed by atoms with E-state index in [0.29, 0.717) is 0 Å². The van der Waals surface area contributed by atoms with Crippen LogP contribution in [0.4, 0.5) is 5.69 Å². The van der Waals surface area contributed by atoms with Crippen molar-refractivity contribution in [3.05, 3.63) is 75.3 Å². The molecule has 4 rings (SSSR count). The molecule has 5 nitrogen and oxygen atoms in total. The lowest BCUT2D eigenvalue weighted by molar-refractivity contribution is -0.766. The monoisotopic (exact) mass is 337 g/mol. The molecule has 5 heteroatoms. The molecule has 0 aromatic heterocycles. The summed E-state index contributed by atoms with van der Waals surface area (Å²) in [7, 11) is 0. The number of quaternary nitrogens is 1. The number of rotatable bonds is 4. The van der Waals surface area contributed by atoms with Gasteiger partial charge in [-0.15, -0.1) is 0 Å². The number of fused-ring (bicyclic) bond motifs is 2. The summed E-state index contributed by atoms with van der Waals surface area (Å²) in [4.78, 5) is 10.7. The maximum Gasteiger partial charge on any atom is 0.270 e. The van der Waals surface area contributed by atoms with Crippen molar-refractivity contribution in [1.29, 1.82) is 0 Å². The molecule has 25 heavy (non-hydrogen) atoms. The molecule has 0 spiro atoms. The van der Waals surface area contributed by atoms with Crippen molar-refractivity contribution in [2.75, 3.05) is 0 Å². The normalized spacial score (nSPS) is 21.5. The Labute approximate surface area is 146 Å². The third-order valence-electron chi connectivity index (χ3n) is 5.12. The maximum atomic E-state index is 11.0. The van der Waals surface area contributed by atoms with Crippen molar-refractivity contribution >= 4 is 11.8 Å². The summed E-state index contributed by atoms with van der Waals surface area (Å²) in [6.45, 7) is 0.848. The predicted octanol–water partition coefficient (Wildman–Crippen LogP) is 3.40. The van der Waals surface area contributed by atoms with Gasteiger partial charge in [0.1, 0.15) is 12.3 Å². The number of non-ortho nitro benzene ring substituents is 1. The summed E-state index contributed by atoms with van der Waals surface area (Å²) in [5.41, 5.74) is 3.05. The maximum absolute atomic E-state index is 11.0. The van der Waals surface area contributed by atoms with E-state index in [0.717, 1.165) is 43.5 Å². The van der Waals surface area contributed by atoms with Gasteiger partial charge < -0.3 is 10.1 Å². The minimum atomic E-state index is -0.378. The molecular formula is C20H21N2O3+. The molecule has 1 fully saturated rings. The number of nitro groups is 1. The Morgan fingerprint density at radius 3 is 2.80 bits per heavy atom. The van der Waals surface area contributed by atoms with Crippen LogP contribution in [0.15, 0.2) is 54.1 Å². The van der Waals surface area contributed by atoms with Crippen LogP contribution in [0.25, 0.3) is 6.08 Å². The van der Waals surface area contributed by atoms with Gasteiger partial charge in [0.05, 0.1) is 4.92 Å². The molecule has 1 atom stereocenters. The first-order chi connectivity index (χ1) is 12.2. The molecule has 2 aliphatic rings. The van der Waals surface area contributed by atoms with E-state index in [1.807, 2.05) is 6.07 Å². The van der Waals surface area contributed by atoms with Crippen LogP contribution in [0.1, 0.15) is 36.8 Å². The molecule has 0 amide bonds. The van der Waals surface area contributed by atoms with Crippen LogP contribution in [0, 0.1) is 10.1 Å². The lowest BCUT2D eigenvalue weighted by Gasteiger charge is -2.40. The first-order valence-electron chi connectivity index (χ1n) is 8.73. The molecule has 0 unspecified atom stereocenters. The molecule has 2 N–H and O–H groups in total. The van der Waals surface area contributed by atoms with Crippen LogP contribution in [-0.2, 0) is 6.54 Å². The van der Waals surface area contributed by atoms with E-state index in [-0.39, 0.29) is 16.3 Å². The Hall–Kier alpha value is -2.66. The molecule has 2 aromatic rings. The van der Waals surface area contributed by atoms with Gasteiger partial charge in [0.15, 0.2) is 0 Å². The van der Waals surface area contributed by atoms with Gasteiger partial charge >= 0.3 is 0 Å². The highest BCUT2D eigenvalue weighted by Gasteiger charge is 2.45. The summed E-state index contributed by atoms with van der Waals surface area (Å²) < 4.78 is 6.43. The fourth-order valence-electron chi connectivity index (χ4n) is 3.80. The van der Waals surface area contributed by atoms with Crippen molar-refractivity contribution in [3.8, 4) is 5.75 Å². The van der Waals surface area contributed by atoms with E-state index in [1.165, 1.54) is 17.2 Å². The van der Waals surface area contributed by atoms with Crippen LogP contribution in [0.2, 0.25) is 0 Å². The number of hydrogen-bond acceptors (Lipinski definition) is 3. The molecule has 1 saturated carbocycles. The lowest BCUT2D eigenvalue weighted by atomic mass is 9.83. The zero-order valence-electron chi connectivity index (χ0n) is 14.0. The van der Waals surface area contributed by atoms with Gasteiger partial charge in [-0.3, -0.25) is 10.1 Å². The van der Waals surface area contributed by atoms with Crippen LogP contribution >= 0.6 is 0 Å². The molecule has 1 aliphatic heterocycles. The average molecular weight is 337 g/mol. The summed E-state index contributed by atoms with van der Waals surface area (Å²) in [6, 6.07) is 15.2. The highest BCUT2D eigenvalue weighted by atomic mass is 16.6. The molecule has 0 bridgehead atoms. The summed E-state index contributed by atoms with van der Waals surface area (Å²) in [5.74, 6) is 0.737. The first-order valence-corrected chi connectivity index (χ1v) is 8.73. The minimum absolute atomic E-state index is 0.107. The molecule has 0 radical (unpaired) electrons. The van der Waals surface area contributed by atoms with Gasteiger partial charge in [0, 0.05) is 35.3 Å². The van der Waals surface area contributed by atoms with Crippen molar-refractivity contribution in [1.82, 2.24) is 0 Å². The van der Waals surface area contributed by atoms with E-state index < -0.39 is 0 Å². The van der Waals surface area contributed by atoms with Crippen LogP contribution in [0.5, 0.6) is 5.75 Å². The molecule has 1 aliphatic carbocycles. The second-order valence-corrected chi connectivity index (χ2v) is 6.74. The Kier molecular flexibility index (Phi) is 4.01. The third-order valence-corrected chi connectivity index (χ3v) is 5.12. The Bertz CT molecular complexity index is 832. The Balaban J connectivity index is 1.65. The smallest absolute Gasteiger partial charge is 0.270 e. The fraction of sp³-hybridized carbons (Fsp3) is 0.300. The third kappa shape index (κ3) is 3.03. The molecule has 128 valence electrons. The average Bonchev–Trinajstić information content (AvgIpc) is 2.65. The first kappa shape index (κ1) is 15.8. The van der Waals surface area contributed by atoms with Gasteiger partial charge in [-0.2, -0.15) is 0 Å². The van der Waals surface area contributed by atoms with Crippen molar-refractivity contribution in [2.24, 2.45) is 0 Å². The van der Waals surface area contributed by atoms with E-state index in [1.54, 1.807) is 12.1 Å². The van der Waals surface area contributed by atoms with Gasteiger partial charge in [-0.05, 0) is 31.4 Å². The molecular weight excluding hydrogens is 316 g/mol. The van der Waals surface area contributed by atoms with Gasteiger partial charge in [0.25, 0.3) is 11.4 Å². The number of nitro benzene ring substituents is 1. The number of nitrogens with two attached hydrogens (primary N) is 1. The second kappa shape index (κ2) is 6.33. The van der Waals surface area contributed by atoms with E-state index in [9.17, 15) is 10.1 Å². The highest BCUT2D eigenvalue weighted by molar-refractivity contribution is 5.66. The van der Waals surface area contributed by atoms with Crippen molar-refractivity contribution in [3.63, 3.8) is 0 Å². The van der Waals surface area contributed by atoms with E-state index in [4.69, 9.17) is 4.74 Å². The zero-order valence-corrected chi connectivity index (χ0v) is 14.0. The quantitative estimate of drug-likeness (QED) is 0.687. The predicted molar refractivity (Wildman–Crippen MR) is 95.0 cm³/mol. The van der Waals surface area contributed by atoms with Gasteiger partial charge in [0.2, 0.25) is 0 Å². The van der Waals surface area contributed by atoms with Crippen LogP contribution in [-0.4, -0.2) is 10.6 Å². The van der Waals surface area contributed by atoms with Crippen LogP contribution < -0.4 is 10.1 Å². The fourth-order valence-corrected chi connectivity index (χ4v) is 3.80. The molecule has 0 saturated heterocycles. The Morgan fingerprint density at radius 1 is 1.16 bits per heavy atom. The SMILES string of the molecule is O=[N+]([O-])c1ccc2c(c1)C=C1CCCC[C@]1([NH2+]Cc1ccccc1)O2. The van der Waals surface area contributed by atoms with Crippen molar-refractivity contribution in [2.45, 2.75) is 38.0 Å². The zero-order chi connectivity index (χ0) is 17.3. The molecule has 1 heterocycles. The summed E-state index contributed by atoms with van der Waals surface area (Å²) in [5, 5.41) is 13.3. The standard InChI is InChI=1S/C20H20N2O3/c23-22(24)18-9-10-19-16(13-18)12-17-8-4-5-11-20(17,25-19)21-14-15-6-2-1-3-7-15/h1-3,6-7,9-10,12-13,21H,4-5,8,11,14H2/p+1/t20-/m0/s1. The van der Waals surface area contributed by atoms with Gasteiger partial charge in [-0.25, -0.2) is 0 Å². The highest BCUT2D eigenvalue weighted by Crippen LogP contribution is 2.41. The topological polar surface area (TPSA) is 69.0 Å². The van der Waals surface area contributed by atoms with E-state index in [2.05, 4.69) is 35.7 Å². The van der Waals surface area contributed by atoms with Crippen LogP contribution in [0.3, 0.4) is 0 Å². The minimum Gasteiger partial charge on any atom is -0.436 e. The lowest BCUT2D eigenvalue weighted by Crippen LogP contribution is -2.98. The largest absolute Gasteiger partial charge is 0.436 e. The summed E-state index contributed by atoms with van der Waals surface area (Å²) in [6.07, 6.45) is 6.31. The number of hydrogen-bond donors (Lipinski definition) is 1. The van der Waals surface area contributed by atoms with E-state index >= 15 is 0 Å². The second-order valence-electron chi connectivity index (χ2n) is 6.74. The Morgan fingerprint density at radius 2 is 2.00 bits per heavy atom.